The fourth-order valence-electron chi connectivity index (χ4n) is 2.73. The molecule has 0 fully saturated rings. The van der Waals surface area contributed by atoms with Crippen LogP contribution in [0.1, 0.15) is 27.0 Å². The third-order valence-corrected chi connectivity index (χ3v) is 5.43. The number of nitrogens with one attached hydrogen (secondary N) is 2. The molecule has 0 bridgehead atoms. The number of ether oxygens (including phenoxy) is 3. The Morgan fingerprint density at radius 2 is 1.88 bits per heavy atom. The first kappa shape index (κ1) is 24.0. The predicted octanol–water partition coefficient (Wildman–Crippen LogP) is 4.25. The fraction of sp³-hybridized carbons (Fsp3) is 0.182. The number of anilines is 2. The molecule has 1 aromatic carbocycles. The second kappa shape index (κ2) is 10.8. The highest BCUT2D eigenvalue weighted by Crippen LogP contribution is 2.37. The molecule has 3 aromatic rings. The molecule has 3 rings (SSSR count). The lowest BCUT2D eigenvalue weighted by Gasteiger charge is -2.17. The lowest BCUT2D eigenvalue weighted by molar-refractivity contribution is -0.123. The van der Waals surface area contributed by atoms with Crippen molar-refractivity contribution in [1.82, 2.24) is 4.98 Å². The van der Waals surface area contributed by atoms with Crippen LogP contribution in [0.3, 0.4) is 0 Å². The lowest BCUT2D eigenvalue weighted by Crippen LogP contribution is -2.30. The van der Waals surface area contributed by atoms with Crippen molar-refractivity contribution < 1.29 is 28.6 Å². The van der Waals surface area contributed by atoms with Gasteiger partial charge in [0.2, 0.25) is 0 Å². The van der Waals surface area contributed by atoms with Crippen LogP contribution in [-0.2, 0) is 9.53 Å². The van der Waals surface area contributed by atoms with E-state index in [0.29, 0.717) is 9.90 Å². The number of methoxy groups -OCH3 is 2. The van der Waals surface area contributed by atoms with E-state index in [-0.39, 0.29) is 34.5 Å². The van der Waals surface area contributed by atoms with Crippen molar-refractivity contribution >= 4 is 52.2 Å². The molecule has 0 aliphatic heterocycles. The van der Waals surface area contributed by atoms with Gasteiger partial charge in [0.1, 0.15) is 5.82 Å². The first-order valence-electron chi connectivity index (χ1n) is 9.56. The van der Waals surface area contributed by atoms with Gasteiger partial charge in [-0.1, -0.05) is 17.7 Å². The highest BCUT2D eigenvalue weighted by Gasteiger charge is 2.23. The van der Waals surface area contributed by atoms with Gasteiger partial charge in [0.15, 0.2) is 17.6 Å². The number of pyridine rings is 1. The van der Waals surface area contributed by atoms with E-state index in [0.717, 1.165) is 0 Å². The normalized spacial score (nSPS) is 11.3. The van der Waals surface area contributed by atoms with Gasteiger partial charge < -0.3 is 24.8 Å². The number of benzene rings is 1. The molecule has 0 unspecified atom stereocenters. The summed E-state index contributed by atoms with van der Waals surface area (Å²) in [6, 6.07) is 9.28. The largest absolute Gasteiger partial charge is 0.493 e. The minimum Gasteiger partial charge on any atom is -0.493 e. The predicted molar refractivity (Wildman–Crippen MR) is 125 cm³/mol. The maximum atomic E-state index is 12.7. The fourth-order valence-corrected chi connectivity index (χ4v) is 3.46. The van der Waals surface area contributed by atoms with Crippen molar-refractivity contribution in [2.24, 2.45) is 0 Å². The van der Waals surface area contributed by atoms with Crippen LogP contribution in [0.15, 0.2) is 48.0 Å². The third-order valence-electron chi connectivity index (χ3n) is 4.34. The van der Waals surface area contributed by atoms with Crippen LogP contribution in [0.4, 0.5) is 11.5 Å². The zero-order valence-electron chi connectivity index (χ0n) is 17.9. The molecule has 0 saturated carbocycles. The number of hydrogen-bond donors (Lipinski definition) is 2. The standard InChI is InChI=1S/C22H20ClN3O6S/c1-12(20(27)26-18-7-6-14(23)11-24-18)32-22(29)13-9-15(19(31-3)16(10-13)30-2)25-21(28)17-5-4-8-33-17/h4-12H,1-3H3,(H,25,28)(H,24,26,27)/t12-/m1/s1. The number of esters is 1. The van der Waals surface area contributed by atoms with Crippen LogP contribution in [0.25, 0.3) is 0 Å². The van der Waals surface area contributed by atoms with Gasteiger partial charge in [-0.15, -0.1) is 11.3 Å². The van der Waals surface area contributed by atoms with E-state index < -0.39 is 18.0 Å². The van der Waals surface area contributed by atoms with E-state index in [2.05, 4.69) is 15.6 Å². The van der Waals surface area contributed by atoms with Crippen molar-refractivity contribution in [3.8, 4) is 11.5 Å². The first-order valence-corrected chi connectivity index (χ1v) is 10.8. The van der Waals surface area contributed by atoms with E-state index in [1.807, 2.05) is 0 Å². The molecule has 2 N–H and O–H groups in total. The molecule has 0 saturated heterocycles. The zero-order chi connectivity index (χ0) is 24.0. The Morgan fingerprint density at radius 1 is 1.09 bits per heavy atom. The van der Waals surface area contributed by atoms with Gasteiger partial charge in [0, 0.05) is 6.20 Å². The van der Waals surface area contributed by atoms with Gasteiger partial charge in [-0.3, -0.25) is 9.59 Å². The van der Waals surface area contributed by atoms with Gasteiger partial charge in [-0.25, -0.2) is 9.78 Å². The Balaban J connectivity index is 1.77. The highest BCUT2D eigenvalue weighted by molar-refractivity contribution is 7.12. The van der Waals surface area contributed by atoms with Crippen molar-refractivity contribution in [3.05, 3.63) is 63.4 Å². The molecule has 0 aliphatic carbocycles. The van der Waals surface area contributed by atoms with Gasteiger partial charge in [0.05, 0.1) is 35.4 Å². The van der Waals surface area contributed by atoms with Crippen LogP contribution >= 0.6 is 22.9 Å². The molecule has 0 radical (unpaired) electrons. The third kappa shape index (κ3) is 5.99. The van der Waals surface area contributed by atoms with Gasteiger partial charge in [-0.05, 0) is 42.6 Å². The Morgan fingerprint density at radius 3 is 2.48 bits per heavy atom. The Hall–Kier alpha value is -3.63. The molecule has 11 heteroatoms. The van der Waals surface area contributed by atoms with Crippen molar-refractivity contribution in [2.45, 2.75) is 13.0 Å². The minimum absolute atomic E-state index is 0.0541. The molecular weight excluding hydrogens is 470 g/mol. The van der Waals surface area contributed by atoms with Crippen molar-refractivity contribution in [2.75, 3.05) is 24.9 Å². The second-order valence-corrected chi connectivity index (χ2v) is 7.97. The number of amides is 2. The summed E-state index contributed by atoms with van der Waals surface area (Å²) in [7, 11) is 2.81. The van der Waals surface area contributed by atoms with Crippen LogP contribution in [0, 0.1) is 0 Å². The number of thiophene rings is 1. The Bertz CT molecular complexity index is 1150. The maximum Gasteiger partial charge on any atom is 0.339 e. The molecule has 2 heterocycles. The summed E-state index contributed by atoms with van der Waals surface area (Å²) in [4.78, 5) is 42.1. The molecule has 2 aromatic heterocycles. The number of nitrogens with zero attached hydrogens (tertiary/aromatic N) is 1. The van der Waals surface area contributed by atoms with Crippen LogP contribution < -0.4 is 20.1 Å². The first-order chi connectivity index (χ1) is 15.8. The van der Waals surface area contributed by atoms with Gasteiger partial charge in [-0.2, -0.15) is 0 Å². The smallest absolute Gasteiger partial charge is 0.339 e. The molecule has 1 atom stereocenters. The molecule has 0 aliphatic rings. The van der Waals surface area contributed by atoms with Gasteiger partial charge in [0.25, 0.3) is 11.8 Å². The summed E-state index contributed by atoms with van der Waals surface area (Å²) < 4.78 is 15.9. The van der Waals surface area contributed by atoms with E-state index in [4.69, 9.17) is 25.8 Å². The average Bonchev–Trinajstić information content (AvgIpc) is 3.35. The molecule has 172 valence electrons. The summed E-state index contributed by atoms with van der Waals surface area (Å²) >= 11 is 7.04. The summed E-state index contributed by atoms with van der Waals surface area (Å²) in [6.45, 7) is 1.42. The van der Waals surface area contributed by atoms with Crippen LogP contribution in [-0.4, -0.2) is 43.1 Å². The summed E-state index contributed by atoms with van der Waals surface area (Å²) in [6.07, 6.45) is 0.246. The molecule has 2 amide bonds. The molecule has 9 nitrogen and oxygen atoms in total. The minimum atomic E-state index is -1.13. The molecule has 33 heavy (non-hydrogen) atoms. The lowest BCUT2D eigenvalue weighted by atomic mass is 10.1. The number of carbonyl (C=O) groups excluding carboxylic acids is 3. The van der Waals surface area contributed by atoms with Crippen molar-refractivity contribution in [3.63, 3.8) is 0 Å². The number of hydrogen-bond acceptors (Lipinski definition) is 8. The summed E-state index contributed by atoms with van der Waals surface area (Å²) in [5.74, 6) is -1.05. The van der Waals surface area contributed by atoms with Crippen molar-refractivity contribution in [1.29, 1.82) is 0 Å². The number of rotatable bonds is 8. The molecular formula is C22H20ClN3O6S. The maximum absolute atomic E-state index is 12.7. The number of aromatic nitrogens is 1. The topological polar surface area (TPSA) is 116 Å². The summed E-state index contributed by atoms with van der Waals surface area (Å²) in [5, 5.41) is 7.43. The monoisotopic (exact) mass is 489 g/mol. The molecule has 0 spiro atoms. The Labute approximate surface area is 198 Å². The Kier molecular flexibility index (Phi) is 7.86. The summed E-state index contributed by atoms with van der Waals surface area (Å²) in [5.41, 5.74) is 0.267. The van der Waals surface area contributed by atoms with E-state index in [1.54, 1.807) is 23.6 Å². The van der Waals surface area contributed by atoms with E-state index in [9.17, 15) is 14.4 Å². The van der Waals surface area contributed by atoms with E-state index in [1.165, 1.54) is 56.9 Å². The quantitative estimate of drug-likeness (QED) is 0.454. The average molecular weight is 490 g/mol. The zero-order valence-corrected chi connectivity index (χ0v) is 19.5. The van der Waals surface area contributed by atoms with E-state index >= 15 is 0 Å². The second-order valence-electron chi connectivity index (χ2n) is 6.59. The van der Waals surface area contributed by atoms with Gasteiger partial charge >= 0.3 is 5.97 Å². The number of halogens is 1. The number of carbonyl (C=O) groups is 3. The van der Waals surface area contributed by atoms with Crippen LogP contribution in [0.2, 0.25) is 5.02 Å². The van der Waals surface area contributed by atoms with Crippen LogP contribution in [0.5, 0.6) is 11.5 Å². The highest BCUT2D eigenvalue weighted by atomic mass is 35.5. The SMILES string of the molecule is COc1cc(C(=O)O[C@H](C)C(=O)Nc2ccc(Cl)cn2)cc(NC(=O)c2cccs2)c1OC.